The summed E-state index contributed by atoms with van der Waals surface area (Å²) >= 11 is 3.47. The summed E-state index contributed by atoms with van der Waals surface area (Å²) in [5.41, 5.74) is 0. The van der Waals surface area contributed by atoms with E-state index in [4.69, 9.17) is 13.3 Å². The Morgan fingerprint density at radius 2 is 1.43 bits per heavy atom. The molecular weight excluding hydrogens is 167 g/mol. The molecule has 0 unspecified atom stereocenters. The van der Waals surface area contributed by atoms with E-state index in [9.17, 15) is 0 Å². The first-order valence-corrected chi connectivity index (χ1v) is 3.10. The Bertz CT molecular complexity index is 93.3. The van der Waals surface area contributed by atoms with Crippen LogP contribution in [0.4, 0.5) is 0 Å². The predicted molar refractivity (Wildman–Crippen MR) is 28.1 cm³/mol. The molecule has 7 heteroatoms. The molecule has 7 heavy (non-hydrogen) atoms. The second-order valence-corrected chi connectivity index (χ2v) is 2.65. The van der Waals surface area contributed by atoms with Gasteiger partial charge in [0.25, 0.3) is 9.05 Å². The van der Waals surface area contributed by atoms with Gasteiger partial charge in [0.2, 0.25) is 0 Å². The molecule has 0 aromatic rings. The van der Waals surface area contributed by atoms with Crippen LogP contribution in [0.2, 0.25) is 0 Å². The van der Waals surface area contributed by atoms with Gasteiger partial charge in [0.1, 0.15) is 0 Å². The van der Waals surface area contributed by atoms with E-state index in [1.54, 1.807) is 0 Å². The third-order valence-corrected chi connectivity index (χ3v) is 0. The minimum Gasteiger partial charge on any atom is -0.285 e. The summed E-state index contributed by atoms with van der Waals surface area (Å²) in [4.78, 5) is 0. The average Bonchev–Trinajstić information content (AvgIpc) is 0.722. The van der Waals surface area contributed by atoms with Crippen LogP contribution in [0.25, 0.3) is 0 Å². The Hall–Kier alpha value is 1.64. The van der Waals surface area contributed by atoms with Crippen molar-refractivity contribution in [2.45, 2.75) is 0 Å². The molecule has 3 nitrogen and oxygen atoms in total. The van der Waals surface area contributed by atoms with Gasteiger partial charge in [0.05, 0.1) is 0 Å². The molecule has 0 saturated heterocycles. The third kappa shape index (κ3) is 90.4. The molecule has 2 N–H and O–H groups in total. The molecule has 0 atom stereocenters. The number of hydrogen-bond donors (Lipinski definition) is 2. The molecule has 0 aliphatic carbocycles. The molecule has 4 radical (unpaired) electrons. The van der Waals surface area contributed by atoms with Crippen molar-refractivity contribution >= 4 is 33.7 Å². The number of rotatable bonds is 0. The van der Waals surface area contributed by atoms with E-state index in [0.717, 1.165) is 0 Å². The number of hydrogen-bond acceptors (Lipinski definition) is 2. The normalized spacial score (nSPS) is 8.29. The zero-order valence-corrected chi connectivity index (χ0v) is 7.98. The molecule has 0 rings (SSSR count). The maximum Gasteiger partial charge on any atom is 2.00 e. The molecule has 0 saturated carbocycles. The topological polar surface area (TPSA) is 57.5 Å². The zero-order valence-electron chi connectivity index (χ0n) is 3.53. The van der Waals surface area contributed by atoms with Crippen LogP contribution in [0.5, 0.6) is 0 Å². The second kappa shape index (κ2) is 5.77. The van der Waals surface area contributed by atoms with Crippen molar-refractivity contribution in [3.63, 3.8) is 0 Å². The van der Waals surface area contributed by atoms with Gasteiger partial charge in [0.15, 0.2) is 0 Å². The Kier molecular flexibility index (Phi) is 13.1. The van der Waals surface area contributed by atoms with Gasteiger partial charge in [-0.3, -0.25) is 9.11 Å². The molecule has 0 aromatic carbocycles. The van der Waals surface area contributed by atoms with Gasteiger partial charge in [-0.1, -0.05) is 0 Å². The van der Waals surface area contributed by atoms with Crippen molar-refractivity contribution in [2.75, 3.05) is 0 Å². The first-order valence-electron chi connectivity index (χ1n) is 0.698. The summed E-state index contributed by atoms with van der Waals surface area (Å²) in [6.07, 6.45) is 0. The molecule has 0 spiro atoms. The van der Waals surface area contributed by atoms with Crippen LogP contribution in [-0.2, 0) is 33.7 Å². The molecule has 0 aliphatic heterocycles. The van der Waals surface area contributed by atoms with Gasteiger partial charge in [-0.05, 0) is 0 Å². The van der Waals surface area contributed by atoms with Gasteiger partial charge >= 0.3 is 43.1 Å². The monoisotopic (exact) mass is 169 g/mol. The fourth-order valence-electron chi connectivity index (χ4n) is 0. The van der Waals surface area contributed by atoms with Gasteiger partial charge in [-0.2, -0.15) is 4.21 Å². The average molecular weight is 169 g/mol. The Morgan fingerprint density at radius 1 is 1.43 bits per heavy atom. The van der Waals surface area contributed by atoms with E-state index in [1.165, 1.54) is 0 Å². The maximum absolute atomic E-state index is 9.11. The van der Waals surface area contributed by atoms with E-state index >= 15 is 0 Å². The quantitative estimate of drug-likeness (QED) is 0.373. The summed E-state index contributed by atoms with van der Waals surface area (Å²) in [6, 6.07) is 0. The molecule has 0 aromatic heterocycles. The van der Waals surface area contributed by atoms with Crippen LogP contribution in [0.1, 0.15) is 0 Å². The van der Waals surface area contributed by atoms with Crippen molar-refractivity contribution < 1.29 is 42.9 Å². The van der Waals surface area contributed by atoms with E-state index in [1.807, 2.05) is 0 Å². The zero-order chi connectivity index (χ0) is 4.50. The minimum absolute atomic E-state index is 0. The molecular formula is H2NaO3S3+3. The van der Waals surface area contributed by atoms with Crippen LogP contribution in [0.15, 0.2) is 0 Å². The fraction of sp³-hybridized carbons (Fsp3) is 0. The van der Waals surface area contributed by atoms with Crippen LogP contribution in [0, 0.1) is 0 Å². The van der Waals surface area contributed by atoms with Crippen LogP contribution < -0.4 is 29.6 Å². The summed E-state index contributed by atoms with van der Waals surface area (Å²) < 4.78 is 24.0. The second-order valence-electron chi connectivity index (χ2n) is 0.448. The molecule has 36 valence electrons. The van der Waals surface area contributed by atoms with E-state index < -0.39 is 9.05 Å². The van der Waals surface area contributed by atoms with Crippen LogP contribution in [0.3, 0.4) is 0 Å². The summed E-state index contributed by atoms with van der Waals surface area (Å²) in [6.45, 7) is 0. The van der Waals surface area contributed by atoms with Gasteiger partial charge in [-0.15, -0.1) is 0 Å². The van der Waals surface area contributed by atoms with Crippen molar-refractivity contribution in [3.05, 3.63) is 0 Å². The molecule has 0 fully saturated rings. The van der Waals surface area contributed by atoms with Crippen molar-refractivity contribution in [2.24, 2.45) is 0 Å². The molecule has 0 heterocycles. The minimum atomic E-state index is -3.83. The summed E-state index contributed by atoms with van der Waals surface area (Å²) in [7, 11) is -3.83. The SMILES string of the molecule is O=S(O)(O)=S.[Na+].[S+2]. The maximum atomic E-state index is 9.11. The first kappa shape index (κ1) is 15.9. The first-order chi connectivity index (χ1) is 2.00. The van der Waals surface area contributed by atoms with Gasteiger partial charge in [-0.25, -0.2) is 0 Å². The van der Waals surface area contributed by atoms with E-state index in [-0.39, 0.29) is 43.1 Å². The third-order valence-electron chi connectivity index (χ3n) is 0. The van der Waals surface area contributed by atoms with Crippen molar-refractivity contribution in [3.8, 4) is 0 Å². The van der Waals surface area contributed by atoms with E-state index in [2.05, 4.69) is 11.2 Å². The Morgan fingerprint density at radius 3 is 1.43 bits per heavy atom. The van der Waals surface area contributed by atoms with Gasteiger partial charge in [0, 0.05) is 11.2 Å². The predicted octanol–water partition coefficient (Wildman–Crippen LogP) is -3.32. The summed E-state index contributed by atoms with van der Waals surface area (Å²) in [5.74, 6) is 0. The van der Waals surface area contributed by atoms with Crippen LogP contribution >= 0.6 is 0 Å². The van der Waals surface area contributed by atoms with Gasteiger partial charge < -0.3 is 0 Å². The molecule has 0 bridgehead atoms. The smallest absolute Gasteiger partial charge is 0.285 e. The fourth-order valence-corrected chi connectivity index (χ4v) is 0. The largest absolute Gasteiger partial charge is 2.00 e. The van der Waals surface area contributed by atoms with E-state index in [0.29, 0.717) is 0 Å². The van der Waals surface area contributed by atoms with Crippen molar-refractivity contribution in [1.82, 2.24) is 0 Å². The molecule has 0 aliphatic rings. The Balaban J connectivity index is -0.0000000800. The summed E-state index contributed by atoms with van der Waals surface area (Å²) in [5, 5.41) is 0. The standard InChI is InChI=1S/Na.H2O3S2.S/c;1-5(2,3)4;/h;(H2,1,2,3,4);/q+1;;+2. The van der Waals surface area contributed by atoms with Crippen molar-refractivity contribution in [1.29, 1.82) is 0 Å². The van der Waals surface area contributed by atoms with Crippen LogP contribution in [-0.4, -0.2) is 13.3 Å². The Labute approximate surface area is 75.9 Å². The molecule has 0 amide bonds.